The highest BCUT2D eigenvalue weighted by Gasteiger charge is 2.31. The van der Waals surface area contributed by atoms with Crippen molar-refractivity contribution in [2.24, 2.45) is 0 Å². The summed E-state index contributed by atoms with van der Waals surface area (Å²) in [4.78, 5) is 29.8. The molecule has 2 aromatic rings. The molecule has 33 heavy (non-hydrogen) atoms. The lowest BCUT2D eigenvalue weighted by Crippen LogP contribution is -2.44. The van der Waals surface area contributed by atoms with Gasteiger partial charge in [0, 0.05) is 32.7 Å². The number of ketones is 1. The van der Waals surface area contributed by atoms with Crippen molar-refractivity contribution in [1.82, 2.24) is 24.9 Å². The molecule has 1 fully saturated rings. The van der Waals surface area contributed by atoms with E-state index in [-0.39, 0.29) is 11.3 Å². The average molecular weight is 466 g/mol. The topological polar surface area (TPSA) is 70.5 Å². The summed E-state index contributed by atoms with van der Waals surface area (Å²) in [6, 6.07) is 4.70. The highest BCUT2D eigenvalue weighted by atomic mass is 19.4. The highest BCUT2D eigenvalue weighted by molar-refractivity contribution is 6.43. The summed E-state index contributed by atoms with van der Waals surface area (Å²) in [5, 5.41) is 6.87. The number of nitrogens with one attached hydrogen (secondary N) is 1. The maximum atomic E-state index is 13.1. The van der Waals surface area contributed by atoms with Crippen molar-refractivity contribution in [3.63, 3.8) is 0 Å². The molecule has 1 aromatic heterocycles. The third kappa shape index (κ3) is 6.20. The van der Waals surface area contributed by atoms with Crippen LogP contribution in [0.3, 0.4) is 0 Å². The van der Waals surface area contributed by atoms with Gasteiger partial charge in [-0.2, -0.15) is 18.3 Å². The standard InChI is InChI=1S/C23H30F3N5O2/c1-16-20(17(2)31(28-16)19-8-6-7-18(15-19)23(24,25)26)21(32)22(33)27-9-4-5-10-30-13-11-29(3)12-14-30/h6-8,15H,4-5,9-14H2,1-3H3,(H,27,33). The highest BCUT2D eigenvalue weighted by Crippen LogP contribution is 2.30. The van der Waals surface area contributed by atoms with Crippen molar-refractivity contribution in [3.8, 4) is 5.69 Å². The van der Waals surface area contributed by atoms with Crippen molar-refractivity contribution in [1.29, 1.82) is 0 Å². The van der Waals surface area contributed by atoms with Crippen molar-refractivity contribution >= 4 is 11.7 Å². The van der Waals surface area contributed by atoms with E-state index >= 15 is 0 Å². The molecule has 0 aliphatic carbocycles. The van der Waals surface area contributed by atoms with Crippen LogP contribution < -0.4 is 5.32 Å². The predicted octanol–water partition coefficient (Wildman–Crippen LogP) is 2.83. The molecule has 0 spiro atoms. The number of amides is 1. The van der Waals surface area contributed by atoms with Crippen LogP contribution in [0.25, 0.3) is 5.69 Å². The van der Waals surface area contributed by atoms with E-state index in [2.05, 4.69) is 27.3 Å². The molecule has 0 radical (unpaired) electrons. The van der Waals surface area contributed by atoms with Crippen LogP contribution in [-0.4, -0.2) is 77.6 Å². The predicted molar refractivity (Wildman–Crippen MR) is 119 cm³/mol. The molecule has 3 rings (SSSR count). The number of unbranched alkanes of at least 4 members (excludes halogenated alkanes) is 1. The largest absolute Gasteiger partial charge is 0.416 e. The molecule has 0 unspecified atom stereocenters. The Bertz CT molecular complexity index is 994. The molecule has 180 valence electrons. The Kier molecular flexibility index (Phi) is 7.91. The number of rotatable bonds is 8. The van der Waals surface area contributed by atoms with Gasteiger partial charge in [-0.25, -0.2) is 4.68 Å². The first kappa shape index (κ1) is 24.9. The number of hydrogen-bond donors (Lipinski definition) is 1. The number of alkyl halides is 3. The second-order valence-electron chi connectivity index (χ2n) is 8.44. The summed E-state index contributed by atoms with van der Waals surface area (Å²) in [6.07, 6.45) is -2.81. The Morgan fingerprint density at radius 3 is 2.45 bits per heavy atom. The van der Waals surface area contributed by atoms with Gasteiger partial charge < -0.3 is 15.1 Å². The lowest BCUT2D eigenvalue weighted by molar-refractivity contribution is -0.137. The van der Waals surface area contributed by atoms with E-state index in [4.69, 9.17) is 0 Å². The lowest BCUT2D eigenvalue weighted by Gasteiger charge is -2.32. The monoisotopic (exact) mass is 465 g/mol. The molecule has 0 bridgehead atoms. The van der Waals surface area contributed by atoms with E-state index < -0.39 is 23.4 Å². The molecule has 1 saturated heterocycles. The van der Waals surface area contributed by atoms with Crippen LogP contribution in [0.15, 0.2) is 24.3 Å². The van der Waals surface area contributed by atoms with Crippen LogP contribution in [0.4, 0.5) is 13.2 Å². The third-order valence-corrected chi connectivity index (χ3v) is 5.93. The number of carbonyl (C=O) groups is 2. The van der Waals surface area contributed by atoms with Gasteiger partial charge in [0.05, 0.1) is 28.2 Å². The van der Waals surface area contributed by atoms with Gasteiger partial charge in [0.2, 0.25) is 0 Å². The van der Waals surface area contributed by atoms with Crippen LogP contribution in [0.5, 0.6) is 0 Å². The van der Waals surface area contributed by atoms with Crippen molar-refractivity contribution < 1.29 is 22.8 Å². The van der Waals surface area contributed by atoms with E-state index in [1.54, 1.807) is 13.8 Å². The first-order valence-corrected chi connectivity index (χ1v) is 11.0. The summed E-state index contributed by atoms with van der Waals surface area (Å²) >= 11 is 0. The minimum atomic E-state index is -4.49. The maximum Gasteiger partial charge on any atom is 0.416 e. The number of likely N-dealkylation sites (N-methyl/N-ethyl adjacent to an activating group) is 1. The number of hydrogen-bond acceptors (Lipinski definition) is 5. The maximum absolute atomic E-state index is 13.1. The fraction of sp³-hybridized carbons (Fsp3) is 0.522. The molecular weight excluding hydrogens is 435 g/mol. The molecule has 1 aromatic carbocycles. The second-order valence-corrected chi connectivity index (χ2v) is 8.44. The number of nitrogens with zero attached hydrogens (tertiary/aromatic N) is 4. The van der Waals surface area contributed by atoms with Crippen molar-refractivity contribution in [3.05, 3.63) is 46.8 Å². The number of halogens is 3. The molecule has 7 nitrogen and oxygen atoms in total. The van der Waals surface area contributed by atoms with Gasteiger partial charge in [0.15, 0.2) is 0 Å². The average Bonchev–Trinajstić information content (AvgIpc) is 3.07. The summed E-state index contributed by atoms with van der Waals surface area (Å²) in [6.45, 7) is 8.66. The second kappa shape index (κ2) is 10.5. The quantitative estimate of drug-likeness (QED) is 0.369. The number of aromatic nitrogens is 2. The Balaban J connectivity index is 1.58. The summed E-state index contributed by atoms with van der Waals surface area (Å²) in [7, 11) is 2.11. The number of aryl methyl sites for hydroxylation is 1. The SMILES string of the molecule is Cc1nn(-c2cccc(C(F)(F)F)c2)c(C)c1C(=O)C(=O)NCCCCN1CCN(C)CC1. The zero-order valence-corrected chi connectivity index (χ0v) is 19.2. The van der Waals surface area contributed by atoms with E-state index in [9.17, 15) is 22.8 Å². The van der Waals surface area contributed by atoms with Crippen LogP contribution in [0.2, 0.25) is 0 Å². The van der Waals surface area contributed by atoms with Gasteiger partial charge >= 0.3 is 6.18 Å². The van der Waals surface area contributed by atoms with Gasteiger partial charge in [-0.1, -0.05) is 6.07 Å². The van der Waals surface area contributed by atoms with Crippen LogP contribution in [0, 0.1) is 13.8 Å². The Morgan fingerprint density at radius 2 is 1.79 bits per heavy atom. The molecule has 10 heteroatoms. The van der Waals surface area contributed by atoms with E-state index in [1.807, 2.05) is 0 Å². The molecule has 0 atom stereocenters. The van der Waals surface area contributed by atoms with Crippen molar-refractivity contribution in [2.45, 2.75) is 32.9 Å². The summed E-state index contributed by atoms with van der Waals surface area (Å²) < 4.78 is 40.4. The first-order valence-electron chi connectivity index (χ1n) is 11.0. The molecule has 1 N–H and O–H groups in total. The number of carbonyl (C=O) groups excluding carboxylic acids is 2. The normalized spacial score (nSPS) is 15.6. The molecule has 2 heterocycles. The fourth-order valence-corrected chi connectivity index (χ4v) is 3.96. The lowest BCUT2D eigenvalue weighted by atomic mass is 10.1. The molecular formula is C23H30F3N5O2. The van der Waals surface area contributed by atoms with Crippen LogP contribution >= 0.6 is 0 Å². The molecule has 1 amide bonds. The van der Waals surface area contributed by atoms with Crippen molar-refractivity contribution in [2.75, 3.05) is 46.3 Å². The Morgan fingerprint density at radius 1 is 1.09 bits per heavy atom. The van der Waals surface area contributed by atoms with E-state index in [1.165, 1.54) is 16.8 Å². The van der Waals surface area contributed by atoms with Gasteiger partial charge in [-0.15, -0.1) is 0 Å². The third-order valence-electron chi connectivity index (χ3n) is 5.93. The van der Waals surface area contributed by atoms with Crippen LogP contribution in [0.1, 0.15) is 40.2 Å². The zero-order chi connectivity index (χ0) is 24.2. The smallest absolute Gasteiger partial charge is 0.349 e. The first-order chi connectivity index (χ1) is 15.6. The zero-order valence-electron chi connectivity index (χ0n) is 19.2. The number of piperazine rings is 1. The minimum Gasteiger partial charge on any atom is -0.349 e. The Labute approximate surface area is 191 Å². The van der Waals surface area contributed by atoms with Gasteiger partial charge in [0.1, 0.15) is 0 Å². The summed E-state index contributed by atoms with van der Waals surface area (Å²) in [5.41, 5.74) is 0.0908. The minimum absolute atomic E-state index is 0.113. The van der Waals surface area contributed by atoms with Crippen LogP contribution in [-0.2, 0) is 11.0 Å². The number of Topliss-reactive ketones (excluding diaryl/α,β-unsaturated/α-hetero) is 1. The molecule has 0 saturated carbocycles. The fourth-order valence-electron chi connectivity index (χ4n) is 3.96. The van der Waals surface area contributed by atoms with Gasteiger partial charge in [-0.05, 0) is 58.5 Å². The molecule has 1 aliphatic heterocycles. The van der Waals surface area contributed by atoms with E-state index in [0.717, 1.165) is 57.7 Å². The Hall–Kier alpha value is -2.72. The van der Waals surface area contributed by atoms with Gasteiger partial charge in [-0.3, -0.25) is 9.59 Å². The summed E-state index contributed by atoms with van der Waals surface area (Å²) in [5.74, 6) is -1.47. The molecule has 1 aliphatic rings. The van der Waals surface area contributed by atoms with E-state index in [0.29, 0.717) is 17.9 Å². The number of benzene rings is 1. The van der Waals surface area contributed by atoms with Gasteiger partial charge in [0.25, 0.3) is 11.7 Å².